The van der Waals surface area contributed by atoms with Crippen molar-refractivity contribution in [3.05, 3.63) is 28.4 Å². The summed E-state index contributed by atoms with van der Waals surface area (Å²) in [5.41, 5.74) is 0. The molecule has 0 aliphatic heterocycles. The SMILES string of the molecule is O=[N+]([O-])c1ncccc1OC1CCCCC1O. The summed E-state index contributed by atoms with van der Waals surface area (Å²) in [6.45, 7) is 0. The molecular formula is C11H14N2O4. The number of ether oxygens (including phenoxy) is 1. The second kappa shape index (κ2) is 5.09. The van der Waals surface area contributed by atoms with Crippen LogP contribution in [0.2, 0.25) is 0 Å². The Morgan fingerprint density at radius 2 is 2.24 bits per heavy atom. The number of aliphatic hydroxyl groups is 1. The molecule has 2 rings (SSSR count). The van der Waals surface area contributed by atoms with E-state index in [9.17, 15) is 15.2 Å². The van der Waals surface area contributed by atoms with Crippen molar-refractivity contribution in [3.63, 3.8) is 0 Å². The van der Waals surface area contributed by atoms with E-state index in [0.717, 1.165) is 12.8 Å². The average Bonchev–Trinajstić information content (AvgIpc) is 2.32. The lowest BCUT2D eigenvalue weighted by molar-refractivity contribution is -0.390. The molecule has 0 radical (unpaired) electrons. The first-order chi connectivity index (χ1) is 8.18. The molecule has 0 amide bonds. The highest BCUT2D eigenvalue weighted by Gasteiger charge is 2.27. The summed E-state index contributed by atoms with van der Waals surface area (Å²) in [5.74, 6) is -0.172. The minimum atomic E-state index is -0.579. The van der Waals surface area contributed by atoms with Crippen LogP contribution in [0.25, 0.3) is 0 Å². The van der Waals surface area contributed by atoms with E-state index in [1.807, 2.05) is 0 Å². The fourth-order valence-electron chi connectivity index (χ4n) is 1.99. The first-order valence-electron chi connectivity index (χ1n) is 5.62. The molecule has 6 nitrogen and oxygen atoms in total. The molecule has 1 aromatic heterocycles. The van der Waals surface area contributed by atoms with E-state index >= 15 is 0 Å². The third kappa shape index (κ3) is 2.71. The van der Waals surface area contributed by atoms with Crippen LogP contribution < -0.4 is 4.74 Å². The zero-order chi connectivity index (χ0) is 12.3. The van der Waals surface area contributed by atoms with Crippen molar-refractivity contribution >= 4 is 5.82 Å². The van der Waals surface area contributed by atoms with E-state index < -0.39 is 11.0 Å². The van der Waals surface area contributed by atoms with Gasteiger partial charge >= 0.3 is 5.82 Å². The normalized spacial score (nSPS) is 24.3. The van der Waals surface area contributed by atoms with Gasteiger partial charge in [0.1, 0.15) is 12.3 Å². The van der Waals surface area contributed by atoms with Gasteiger partial charge in [-0.2, -0.15) is 0 Å². The highest BCUT2D eigenvalue weighted by Crippen LogP contribution is 2.28. The van der Waals surface area contributed by atoms with Crippen molar-refractivity contribution < 1.29 is 14.8 Å². The third-order valence-electron chi connectivity index (χ3n) is 2.87. The Hall–Kier alpha value is -1.69. The van der Waals surface area contributed by atoms with Gasteiger partial charge in [0.25, 0.3) is 0 Å². The summed E-state index contributed by atoms with van der Waals surface area (Å²) >= 11 is 0. The molecule has 0 bridgehead atoms. The number of aromatic nitrogens is 1. The van der Waals surface area contributed by atoms with Gasteiger partial charge in [-0.3, -0.25) is 0 Å². The Kier molecular flexibility index (Phi) is 3.53. The van der Waals surface area contributed by atoms with E-state index in [0.29, 0.717) is 12.8 Å². The smallest absolute Gasteiger partial charge is 0.406 e. The molecule has 1 heterocycles. The quantitative estimate of drug-likeness (QED) is 0.639. The lowest BCUT2D eigenvalue weighted by Gasteiger charge is -2.27. The van der Waals surface area contributed by atoms with Crippen molar-refractivity contribution in [2.75, 3.05) is 0 Å². The van der Waals surface area contributed by atoms with Gasteiger partial charge in [0.05, 0.1) is 6.10 Å². The molecule has 1 aliphatic carbocycles. The van der Waals surface area contributed by atoms with E-state index in [-0.39, 0.29) is 17.7 Å². The Bertz CT molecular complexity index is 410. The summed E-state index contributed by atoms with van der Waals surface area (Å²) < 4.78 is 5.51. The van der Waals surface area contributed by atoms with Gasteiger partial charge in [0.15, 0.2) is 0 Å². The summed E-state index contributed by atoms with van der Waals surface area (Å²) in [6, 6.07) is 3.09. The monoisotopic (exact) mass is 238 g/mol. The predicted molar refractivity (Wildman–Crippen MR) is 59.8 cm³/mol. The van der Waals surface area contributed by atoms with Crippen LogP contribution in [-0.4, -0.2) is 27.2 Å². The summed E-state index contributed by atoms with van der Waals surface area (Å²) in [6.07, 6.45) is 3.76. The van der Waals surface area contributed by atoms with Gasteiger partial charge in [0.2, 0.25) is 5.75 Å². The topological polar surface area (TPSA) is 85.5 Å². The van der Waals surface area contributed by atoms with Gasteiger partial charge in [-0.15, -0.1) is 0 Å². The van der Waals surface area contributed by atoms with Crippen molar-refractivity contribution in [2.24, 2.45) is 0 Å². The zero-order valence-electron chi connectivity index (χ0n) is 9.28. The maximum absolute atomic E-state index is 10.7. The van der Waals surface area contributed by atoms with Crippen molar-refractivity contribution in [3.8, 4) is 5.75 Å². The molecule has 1 fully saturated rings. The van der Waals surface area contributed by atoms with Crippen LogP contribution >= 0.6 is 0 Å². The van der Waals surface area contributed by atoms with E-state index in [1.54, 1.807) is 6.07 Å². The second-order valence-corrected chi connectivity index (χ2v) is 4.09. The minimum absolute atomic E-state index is 0.128. The molecule has 0 aromatic carbocycles. The fourth-order valence-corrected chi connectivity index (χ4v) is 1.99. The van der Waals surface area contributed by atoms with Crippen LogP contribution in [0.15, 0.2) is 18.3 Å². The number of rotatable bonds is 3. The minimum Gasteiger partial charge on any atom is -0.480 e. The highest BCUT2D eigenvalue weighted by molar-refractivity contribution is 5.38. The van der Waals surface area contributed by atoms with Crippen LogP contribution in [0.1, 0.15) is 25.7 Å². The number of aliphatic hydroxyl groups excluding tert-OH is 1. The molecule has 17 heavy (non-hydrogen) atoms. The fraction of sp³-hybridized carbons (Fsp3) is 0.545. The number of hydrogen-bond donors (Lipinski definition) is 1. The Morgan fingerprint density at radius 3 is 2.94 bits per heavy atom. The van der Waals surface area contributed by atoms with Gasteiger partial charge in [-0.25, -0.2) is 0 Å². The van der Waals surface area contributed by atoms with Crippen molar-refractivity contribution in [1.82, 2.24) is 4.98 Å². The average molecular weight is 238 g/mol. The first kappa shape index (κ1) is 11.8. The Balaban J connectivity index is 2.14. The van der Waals surface area contributed by atoms with Crippen molar-refractivity contribution in [2.45, 2.75) is 37.9 Å². The Morgan fingerprint density at radius 1 is 1.47 bits per heavy atom. The number of nitro groups is 1. The standard InChI is InChI=1S/C11H14N2O4/c14-8-4-1-2-5-9(8)17-10-6-3-7-12-11(10)13(15)16/h3,6-9,14H,1-2,4-5H2. The maximum atomic E-state index is 10.7. The molecule has 1 aliphatic rings. The molecule has 1 N–H and O–H groups in total. The first-order valence-corrected chi connectivity index (χ1v) is 5.62. The third-order valence-corrected chi connectivity index (χ3v) is 2.87. The lowest BCUT2D eigenvalue weighted by Crippen LogP contribution is -2.34. The maximum Gasteiger partial charge on any atom is 0.406 e. The summed E-state index contributed by atoms with van der Waals surface area (Å²) in [7, 11) is 0. The molecule has 92 valence electrons. The van der Waals surface area contributed by atoms with Crippen LogP contribution in [0.3, 0.4) is 0 Å². The molecule has 1 saturated carbocycles. The molecule has 6 heteroatoms. The molecular weight excluding hydrogens is 224 g/mol. The highest BCUT2D eigenvalue weighted by atomic mass is 16.6. The zero-order valence-corrected chi connectivity index (χ0v) is 9.28. The molecule has 2 atom stereocenters. The number of pyridine rings is 1. The van der Waals surface area contributed by atoms with Crippen molar-refractivity contribution in [1.29, 1.82) is 0 Å². The molecule has 2 unspecified atom stereocenters. The predicted octanol–water partition coefficient (Wildman–Crippen LogP) is 1.67. The van der Waals surface area contributed by atoms with Gasteiger partial charge in [0, 0.05) is 0 Å². The summed E-state index contributed by atoms with van der Waals surface area (Å²) in [5, 5.41) is 20.5. The molecule has 0 saturated heterocycles. The van der Waals surface area contributed by atoms with E-state index in [1.165, 1.54) is 12.3 Å². The Labute approximate surface area is 98.4 Å². The lowest BCUT2D eigenvalue weighted by atomic mass is 9.95. The van der Waals surface area contributed by atoms with E-state index in [2.05, 4.69) is 4.98 Å². The second-order valence-electron chi connectivity index (χ2n) is 4.09. The number of hydrogen-bond acceptors (Lipinski definition) is 5. The van der Waals surface area contributed by atoms with Crippen LogP contribution in [0.5, 0.6) is 5.75 Å². The van der Waals surface area contributed by atoms with Crippen LogP contribution in [-0.2, 0) is 0 Å². The van der Waals surface area contributed by atoms with E-state index in [4.69, 9.17) is 4.74 Å². The largest absolute Gasteiger partial charge is 0.480 e. The molecule has 0 spiro atoms. The van der Waals surface area contributed by atoms with Gasteiger partial charge < -0.3 is 20.0 Å². The summed E-state index contributed by atoms with van der Waals surface area (Å²) in [4.78, 5) is 13.8. The van der Waals surface area contributed by atoms with Gasteiger partial charge in [-0.1, -0.05) is 6.42 Å². The molecule has 1 aromatic rings. The van der Waals surface area contributed by atoms with Crippen LogP contribution in [0.4, 0.5) is 5.82 Å². The number of nitrogens with zero attached hydrogens (tertiary/aromatic N) is 2. The van der Waals surface area contributed by atoms with Gasteiger partial charge in [-0.05, 0) is 41.3 Å². The van der Waals surface area contributed by atoms with Crippen LogP contribution in [0, 0.1) is 10.1 Å².